The van der Waals surface area contributed by atoms with Crippen molar-refractivity contribution in [3.05, 3.63) is 5.82 Å². The maximum Gasteiger partial charge on any atom is 0.233 e. The van der Waals surface area contributed by atoms with E-state index in [2.05, 4.69) is 15.5 Å². The minimum atomic E-state index is -0.229. The molecule has 1 aromatic rings. The second-order valence-corrected chi connectivity index (χ2v) is 6.59. The first-order chi connectivity index (χ1) is 8.78. The van der Waals surface area contributed by atoms with Crippen LogP contribution in [0, 0.1) is 0 Å². The molecular weight excluding hydrogens is 262 g/mol. The summed E-state index contributed by atoms with van der Waals surface area (Å²) in [5, 5.41) is 11.6. The molecule has 1 heterocycles. The average molecular weight is 285 g/mol. The predicted molar refractivity (Wildman–Crippen MR) is 76.7 cm³/mol. The van der Waals surface area contributed by atoms with Crippen LogP contribution >= 0.6 is 11.8 Å². The largest absolute Gasteiger partial charge is 0.351 e. The summed E-state index contributed by atoms with van der Waals surface area (Å²) in [6.45, 7) is 8.24. The van der Waals surface area contributed by atoms with Crippen LogP contribution in [0.25, 0.3) is 0 Å². The SMILES string of the molecule is CC[C@H](Sc1nnc(CN)n1C)C(=O)NC(C)(C)C. The van der Waals surface area contributed by atoms with Crippen LogP contribution in [0.2, 0.25) is 0 Å². The summed E-state index contributed by atoms with van der Waals surface area (Å²) in [5.74, 6) is 0.742. The normalized spacial score (nSPS) is 13.4. The Balaban J connectivity index is 2.76. The minimum absolute atomic E-state index is 0.0253. The summed E-state index contributed by atoms with van der Waals surface area (Å²) < 4.78 is 1.83. The minimum Gasteiger partial charge on any atom is -0.351 e. The number of carbonyl (C=O) groups excluding carboxylic acids is 1. The molecule has 0 aliphatic carbocycles. The fourth-order valence-electron chi connectivity index (χ4n) is 1.53. The van der Waals surface area contributed by atoms with Gasteiger partial charge in [0.1, 0.15) is 5.82 Å². The van der Waals surface area contributed by atoms with Gasteiger partial charge in [-0.25, -0.2) is 0 Å². The average Bonchev–Trinajstić information content (AvgIpc) is 2.64. The Morgan fingerprint density at radius 3 is 2.53 bits per heavy atom. The van der Waals surface area contributed by atoms with E-state index >= 15 is 0 Å². The molecule has 0 bridgehead atoms. The number of nitrogens with two attached hydrogens (primary N) is 1. The molecule has 3 N–H and O–H groups in total. The predicted octanol–water partition coefficient (Wildman–Crippen LogP) is 1.06. The van der Waals surface area contributed by atoms with Crippen LogP contribution in [0.1, 0.15) is 39.9 Å². The molecule has 1 aromatic heterocycles. The molecule has 19 heavy (non-hydrogen) atoms. The maximum atomic E-state index is 12.2. The van der Waals surface area contributed by atoms with Crippen LogP contribution in [0.5, 0.6) is 0 Å². The molecule has 0 radical (unpaired) electrons. The van der Waals surface area contributed by atoms with Gasteiger partial charge in [-0.15, -0.1) is 10.2 Å². The van der Waals surface area contributed by atoms with Crippen LogP contribution in [0.4, 0.5) is 0 Å². The van der Waals surface area contributed by atoms with Gasteiger partial charge in [0.05, 0.1) is 11.8 Å². The molecule has 0 unspecified atom stereocenters. The van der Waals surface area contributed by atoms with Crippen LogP contribution < -0.4 is 11.1 Å². The molecule has 0 spiro atoms. The van der Waals surface area contributed by atoms with Crippen LogP contribution in [0.15, 0.2) is 5.16 Å². The van der Waals surface area contributed by atoms with E-state index in [4.69, 9.17) is 5.73 Å². The zero-order valence-electron chi connectivity index (χ0n) is 12.2. The van der Waals surface area contributed by atoms with Crippen molar-refractivity contribution < 1.29 is 4.79 Å². The van der Waals surface area contributed by atoms with Gasteiger partial charge in [-0.1, -0.05) is 18.7 Å². The Bertz CT molecular complexity index is 438. The third kappa shape index (κ3) is 4.50. The number of amides is 1. The molecule has 0 saturated carbocycles. The lowest BCUT2D eigenvalue weighted by Gasteiger charge is -2.23. The molecule has 0 aliphatic heterocycles. The van der Waals surface area contributed by atoms with E-state index in [0.29, 0.717) is 12.4 Å². The molecule has 0 saturated heterocycles. The van der Waals surface area contributed by atoms with Crippen molar-refractivity contribution >= 4 is 17.7 Å². The van der Waals surface area contributed by atoms with Crippen LogP contribution in [-0.4, -0.2) is 31.5 Å². The molecule has 1 rings (SSSR count). The number of nitrogens with one attached hydrogen (secondary N) is 1. The number of carbonyl (C=O) groups is 1. The van der Waals surface area contributed by atoms with Gasteiger partial charge in [0, 0.05) is 12.6 Å². The second-order valence-electron chi connectivity index (χ2n) is 5.42. The summed E-state index contributed by atoms with van der Waals surface area (Å²) in [6, 6.07) is 0. The number of hydrogen-bond acceptors (Lipinski definition) is 5. The smallest absolute Gasteiger partial charge is 0.233 e. The topological polar surface area (TPSA) is 85.8 Å². The fraction of sp³-hybridized carbons (Fsp3) is 0.750. The van der Waals surface area contributed by atoms with E-state index in [1.54, 1.807) is 0 Å². The molecule has 108 valence electrons. The van der Waals surface area contributed by atoms with E-state index in [0.717, 1.165) is 11.6 Å². The van der Waals surface area contributed by atoms with E-state index < -0.39 is 0 Å². The molecule has 6 nitrogen and oxygen atoms in total. The highest BCUT2D eigenvalue weighted by Gasteiger charge is 2.24. The lowest BCUT2D eigenvalue weighted by molar-refractivity contribution is -0.122. The van der Waals surface area contributed by atoms with Crippen molar-refractivity contribution in [1.29, 1.82) is 0 Å². The molecule has 1 amide bonds. The summed E-state index contributed by atoms with van der Waals surface area (Å²) in [7, 11) is 1.86. The lowest BCUT2D eigenvalue weighted by atomic mass is 10.1. The summed E-state index contributed by atoms with van der Waals surface area (Å²) in [4.78, 5) is 12.2. The number of nitrogens with zero attached hydrogens (tertiary/aromatic N) is 3. The third-order valence-corrected chi connectivity index (χ3v) is 3.92. The number of hydrogen-bond donors (Lipinski definition) is 2. The summed E-state index contributed by atoms with van der Waals surface area (Å²) in [5.41, 5.74) is 5.33. The standard InChI is InChI=1S/C12H23N5OS/c1-6-8(10(18)14-12(2,3)4)19-11-16-15-9(7-13)17(11)5/h8H,6-7,13H2,1-5H3,(H,14,18)/t8-/m0/s1. The molecular formula is C12H23N5OS. The lowest BCUT2D eigenvalue weighted by Crippen LogP contribution is -2.44. The van der Waals surface area contributed by atoms with Crippen molar-refractivity contribution in [3.63, 3.8) is 0 Å². The first kappa shape index (κ1) is 16.0. The highest BCUT2D eigenvalue weighted by atomic mass is 32.2. The highest BCUT2D eigenvalue weighted by molar-refractivity contribution is 8.00. The van der Waals surface area contributed by atoms with Gasteiger partial charge in [0.15, 0.2) is 5.16 Å². The molecule has 0 aromatic carbocycles. The van der Waals surface area contributed by atoms with Gasteiger partial charge < -0.3 is 15.6 Å². The zero-order chi connectivity index (χ0) is 14.6. The molecule has 0 fully saturated rings. The fourth-order valence-corrected chi connectivity index (χ4v) is 2.46. The van der Waals surface area contributed by atoms with Crippen LogP contribution in [-0.2, 0) is 18.4 Å². The quantitative estimate of drug-likeness (QED) is 0.790. The number of aromatic nitrogens is 3. The zero-order valence-corrected chi connectivity index (χ0v) is 13.0. The van der Waals surface area contributed by atoms with Crippen molar-refractivity contribution in [3.8, 4) is 0 Å². The van der Waals surface area contributed by atoms with Gasteiger partial charge >= 0.3 is 0 Å². The van der Waals surface area contributed by atoms with Gasteiger partial charge in [-0.2, -0.15) is 0 Å². The first-order valence-corrected chi connectivity index (χ1v) is 7.23. The Morgan fingerprint density at radius 2 is 2.11 bits per heavy atom. The first-order valence-electron chi connectivity index (χ1n) is 6.35. The Morgan fingerprint density at radius 1 is 1.47 bits per heavy atom. The van der Waals surface area contributed by atoms with Gasteiger partial charge in [0.25, 0.3) is 0 Å². The van der Waals surface area contributed by atoms with Crippen LogP contribution in [0.3, 0.4) is 0 Å². The highest BCUT2D eigenvalue weighted by Crippen LogP contribution is 2.24. The van der Waals surface area contributed by atoms with Crippen molar-refractivity contribution in [2.75, 3.05) is 0 Å². The van der Waals surface area contributed by atoms with Crippen molar-refractivity contribution in [2.45, 2.75) is 56.6 Å². The van der Waals surface area contributed by atoms with Crippen molar-refractivity contribution in [1.82, 2.24) is 20.1 Å². The number of rotatable bonds is 5. The van der Waals surface area contributed by atoms with Gasteiger partial charge in [0.2, 0.25) is 5.91 Å². The second kappa shape index (κ2) is 6.38. The molecule has 0 aliphatic rings. The van der Waals surface area contributed by atoms with Gasteiger partial charge in [-0.05, 0) is 27.2 Å². The van der Waals surface area contributed by atoms with Gasteiger partial charge in [-0.3, -0.25) is 4.79 Å². The monoisotopic (exact) mass is 285 g/mol. The Hall–Kier alpha value is -1.08. The number of thioether (sulfide) groups is 1. The van der Waals surface area contributed by atoms with E-state index in [1.807, 2.05) is 39.3 Å². The van der Waals surface area contributed by atoms with E-state index in [9.17, 15) is 4.79 Å². The summed E-state index contributed by atoms with van der Waals surface area (Å²) in [6.07, 6.45) is 0.734. The molecule has 1 atom stereocenters. The van der Waals surface area contributed by atoms with E-state index in [-0.39, 0.29) is 16.7 Å². The Kier molecular flexibility index (Phi) is 5.37. The Labute approximate surface area is 118 Å². The summed E-state index contributed by atoms with van der Waals surface area (Å²) >= 11 is 1.42. The van der Waals surface area contributed by atoms with E-state index in [1.165, 1.54) is 11.8 Å². The molecule has 7 heteroatoms. The van der Waals surface area contributed by atoms with Crippen molar-refractivity contribution in [2.24, 2.45) is 12.8 Å². The maximum absolute atomic E-state index is 12.2. The third-order valence-electron chi connectivity index (χ3n) is 2.52.